The lowest BCUT2D eigenvalue weighted by atomic mass is 9.38. The highest BCUT2D eigenvalue weighted by atomic mass is 14.7. The first-order chi connectivity index (χ1) is 14.0. The number of terminal acetylenes is 1. The van der Waals surface area contributed by atoms with E-state index in [1.54, 1.807) is 0 Å². The lowest BCUT2D eigenvalue weighted by molar-refractivity contribution is -0.171. The van der Waals surface area contributed by atoms with Gasteiger partial charge in [-0.15, -0.1) is 19.4 Å². The first kappa shape index (κ1) is 25.6. The highest BCUT2D eigenvalue weighted by molar-refractivity contribution is 5.14. The molecule has 172 valence electrons. The molecule has 0 saturated heterocycles. The zero-order valence-corrected chi connectivity index (χ0v) is 21.7. The maximum Gasteiger partial charge on any atom is -0.0240 e. The van der Waals surface area contributed by atoms with Crippen LogP contribution in [-0.4, -0.2) is 0 Å². The summed E-state index contributed by atoms with van der Waals surface area (Å²) in [5, 5.41) is 0. The van der Waals surface area contributed by atoms with Crippen molar-refractivity contribution < 1.29 is 0 Å². The van der Waals surface area contributed by atoms with Crippen molar-refractivity contribution in [3.63, 3.8) is 0 Å². The fraction of sp³-hybridized carbons (Fsp3) is 0.867. The van der Waals surface area contributed by atoms with Gasteiger partial charge in [0.05, 0.1) is 0 Å². The van der Waals surface area contributed by atoms with Crippen LogP contribution in [-0.2, 0) is 0 Å². The number of hydrogen-bond acceptors (Lipinski definition) is 0. The lowest BCUT2D eigenvalue weighted by Crippen LogP contribution is -2.58. The molecule has 4 aliphatic carbocycles. The Morgan fingerprint density at radius 2 is 1.47 bits per heavy atom. The Balaban J connectivity index is 0.000000757. The van der Waals surface area contributed by atoms with Gasteiger partial charge >= 0.3 is 0 Å². The Labute approximate surface area is 190 Å². The largest absolute Gasteiger partial charge is 0.124 e. The zero-order valence-electron chi connectivity index (χ0n) is 21.7. The summed E-state index contributed by atoms with van der Waals surface area (Å²) >= 11 is 0. The summed E-state index contributed by atoms with van der Waals surface area (Å²) in [6.07, 6.45) is 22.7. The molecule has 0 bridgehead atoms. The first-order valence-corrected chi connectivity index (χ1v) is 13.0. The van der Waals surface area contributed by atoms with Gasteiger partial charge in [0.25, 0.3) is 0 Å². The minimum Gasteiger partial charge on any atom is -0.124 e. The minimum atomic E-state index is 0.560. The molecule has 30 heavy (non-hydrogen) atoms. The summed E-state index contributed by atoms with van der Waals surface area (Å²) in [6.45, 7) is 23.6. The monoisotopic (exact) mass is 412 g/mol. The molecular formula is C30H52. The standard InChI is InChI=1S/C26H44.C2H6.C2H2/c1-18(2)16-19-8-9-21-20-10-12-24(5)17-23(3,4)14-15-26(24,7)22(20)11-13-25(19,21)6;2*1-2/h19-22H,1,8-17H2,2-7H3;1-2H3;1-2H. The predicted octanol–water partition coefficient (Wildman–Crippen LogP) is 9.30. The average Bonchev–Trinajstić information content (AvgIpc) is 3.02. The van der Waals surface area contributed by atoms with E-state index in [1.165, 1.54) is 69.8 Å². The van der Waals surface area contributed by atoms with Crippen LogP contribution in [0.5, 0.6) is 0 Å². The van der Waals surface area contributed by atoms with Crippen molar-refractivity contribution in [1.82, 2.24) is 0 Å². The molecule has 4 rings (SSSR count). The number of rotatable bonds is 2. The molecule has 0 heterocycles. The number of fused-ring (bicyclic) bond motifs is 5. The third-order valence-electron chi connectivity index (χ3n) is 10.6. The normalized spacial score (nSPS) is 45.9. The molecule has 7 atom stereocenters. The highest BCUT2D eigenvalue weighted by Gasteiger charge is 2.63. The summed E-state index contributed by atoms with van der Waals surface area (Å²) in [5.41, 5.74) is 3.76. The van der Waals surface area contributed by atoms with Gasteiger partial charge in [-0.1, -0.05) is 54.0 Å². The van der Waals surface area contributed by atoms with E-state index in [0.29, 0.717) is 21.7 Å². The first-order valence-electron chi connectivity index (χ1n) is 13.0. The van der Waals surface area contributed by atoms with Gasteiger partial charge < -0.3 is 0 Å². The molecule has 0 nitrogen and oxygen atoms in total. The second-order valence-corrected chi connectivity index (χ2v) is 12.7. The molecule has 0 aromatic rings. The van der Waals surface area contributed by atoms with Gasteiger partial charge in [0.15, 0.2) is 0 Å². The van der Waals surface area contributed by atoms with E-state index in [-0.39, 0.29) is 0 Å². The fourth-order valence-corrected chi connectivity index (χ4v) is 9.08. The van der Waals surface area contributed by atoms with E-state index in [2.05, 4.69) is 61.0 Å². The van der Waals surface area contributed by atoms with Crippen molar-refractivity contribution in [2.24, 2.45) is 45.3 Å². The molecule has 0 radical (unpaired) electrons. The smallest absolute Gasteiger partial charge is 0.0240 e. The van der Waals surface area contributed by atoms with Gasteiger partial charge in [-0.2, -0.15) is 0 Å². The maximum atomic E-state index is 4.26. The molecule has 0 heteroatoms. The van der Waals surface area contributed by atoms with Crippen molar-refractivity contribution in [2.75, 3.05) is 0 Å². The topological polar surface area (TPSA) is 0 Å². The molecule has 4 saturated carbocycles. The quantitative estimate of drug-likeness (QED) is 0.313. The molecule has 0 aromatic heterocycles. The predicted molar refractivity (Wildman–Crippen MR) is 134 cm³/mol. The molecule has 0 N–H and O–H groups in total. The van der Waals surface area contributed by atoms with Crippen molar-refractivity contribution in [2.45, 2.75) is 120 Å². The van der Waals surface area contributed by atoms with Crippen LogP contribution in [0, 0.1) is 58.2 Å². The Morgan fingerprint density at radius 3 is 2.07 bits per heavy atom. The maximum absolute atomic E-state index is 4.26. The van der Waals surface area contributed by atoms with Gasteiger partial charge in [0.2, 0.25) is 0 Å². The lowest BCUT2D eigenvalue weighted by Gasteiger charge is -2.66. The Morgan fingerprint density at radius 1 is 0.833 bits per heavy atom. The van der Waals surface area contributed by atoms with E-state index in [4.69, 9.17) is 0 Å². The summed E-state index contributed by atoms with van der Waals surface area (Å²) in [4.78, 5) is 0. The van der Waals surface area contributed by atoms with E-state index in [9.17, 15) is 0 Å². The van der Waals surface area contributed by atoms with Gasteiger partial charge in [0, 0.05) is 0 Å². The van der Waals surface area contributed by atoms with Crippen molar-refractivity contribution in [3.8, 4) is 12.8 Å². The zero-order chi connectivity index (χ0) is 23.0. The van der Waals surface area contributed by atoms with E-state index >= 15 is 0 Å². The van der Waals surface area contributed by atoms with Crippen LogP contribution in [0.1, 0.15) is 120 Å². The van der Waals surface area contributed by atoms with Crippen molar-refractivity contribution in [1.29, 1.82) is 0 Å². The van der Waals surface area contributed by atoms with E-state index in [0.717, 1.165) is 23.7 Å². The summed E-state index contributed by atoms with van der Waals surface area (Å²) in [5.74, 6) is 3.93. The molecule has 4 fully saturated rings. The van der Waals surface area contributed by atoms with Gasteiger partial charge in [0.1, 0.15) is 0 Å². The van der Waals surface area contributed by atoms with E-state index in [1.807, 2.05) is 13.8 Å². The minimum absolute atomic E-state index is 0.560. The van der Waals surface area contributed by atoms with Gasteiger partial charge in [-0.3, -0.25) is 0 Å². The molecule has 0 spiro atoms. The Bertz CT molecular complexity index is 623. The molecule has 0 aromatic carbocycles. The molecular weight excluding hydrogens is 360 g/mol. The third-order valence-corrected chi connectivity index (χ3v) is 10.6. The van der Waals surface area contributed by atoms with E-state index < -0.39 is 0 Å². The second kappa shape index (κ2) is 9.04. The molecule has 7 unspecified atom stereocenters. The fourth-order valence-electron chi connectivity index (χ4n) is 9.08. The van der Waals surface area contributed by atoms with Crippen LogP contribution in [0.3, 0.4) is 0 Å². The molecule has 0 amide bonds. The third kappa shape index (κ3) is 4.05. The molecule has 4 aliphatic rings. The number of hydrogen-bond donors (Lipinski definition) is 0. The van der Waals surface area contributed by atoms with Crippen molar-refractivity contribution >= 4 is 0 Å². The highest BCUT2D eigenvalue weighted by Crippen LogP contribution is 2.72. The summed E-state index contributed by atoms with van der Waals surface area (Å²) in [6, 6.07) is 0. The van der Waals surface area contributed by atoms with Gasteiger partial charge in [-0.25, -0.2) is 0 Å². The second-order valence-electron chi connectivity index (χ2n) is 12.7. The van der Waals surface area contributed by atoms with Gasteiger partial charge in [-0.05, 0) is 116 Å². The average molecular weight is 413 g/mol. The van der Waals surface area contributed by atoms with Crippen LogP contribution < -0.4 is 0 Å². The Hall–Kier alpha value is -0.700. The summed E-state index contributed by atoms with van der Waals surface area (Å²) < 4.78 is 0. The SMILES string of the molecule is C#C.C=C(C)CC1CCC2C3CCC4(C)CC(C)(C)CCC4(C)C3CCC12C.CC. The number of allylic oxidation sites excluding steroid dienone is 1. The van der Waals surface area contributed by atoms with Crippen LogP contribution in [0.25, 0.3) is 0 Å². The molecule has 0 aliphatic heterocycles. The van der Waals surface area contributed by atoms with Crippen LogP contribution >= 0.6 is 0 Å². The Kier molecular flexibility index (Phi) is 7.70. The van der Waals surface area contributed by atoms with Crippen molar-refractivity contribution in [3.05, 3.63) is 12.2 Å². The van der Waals surface area contributed by atoms with Crippen LogP contribution in [0.15, 0.2) is 12.2 Å². The summed E-state index contributed by atoms with van der Waals surface area (Å²) in [7, 11) is 0. The van der Waals surface area contributed by atoms with Crippen LogP contribution in [0.4, 0.5) is 0 Å². The van der Waals surface area contributed by atoms with Crippen LogP contribution in [0.2, 0.25) is 0 Å².